The van der Waals surface area contributed by atoms with Crippen LogP contribution in [0.1, 0.15) is 24.2 Å². The molecule has 1 aromatic carbocycles. The van der Waals surface area contributed by atoms with Crippen molar-refractivity contribution in [3.63, 3.8) is 0 Å². The number of fused-ring (bicyclic) bond motifs is 1. The number of carbonyl (C=O) groups is 4. The zero-order chi connectivity index (χ0) is 28.1. The Labute approximate surface area is 228 Å². The summed E-state index contributed by atoms with van der Waals surface area (Å²) >= 11 is 0. The molecule has 2 aliphatic rings. The Morgan fingerprint density at radius 3 is 2.70 bits per heavy atom. The van der Waals surface area contributed by atoms with Crippen LogP contribution < -0.4 is 10.1 Å². The number of nitrogens with zero attached hydrogens (tertiary/aromatic N) is 3. The molecule has 2 aromatic heterocycles. The number of rotatable bonds is 10. The Morgan fingerprint density at radius 2 is 2.00 bits per heavy atom. The van der Waals surface area contributed by atoms with Gasteiger partial charge in [0.2, 0.25) is 6.41 Å². The maximum atomic E-state index is 13.9. The molecular formula is C27H28N4O9. The maximum Gasteiger partial charge on any atom is 0.510 e. The lowest BCUT2D eigenvalue weighted by atomic mass is 9.94. The van der Waals surface area contributed by atoms with Crippen molar-refractivity contribution in [1.82, 2.24) is 20.1 Å². The van der Waals surface area contributed by atoms with Gasteiger partial charge in [-0.05, 0) is 29.8 Å². The van der Waals surface area contributed by atoms with Crippen molar-refractivity contribution in [3.05, 3.63) is 60.1 Å². The van der Waals surface area contributed by atoms with E-state index >= 15 is 0 Å². The Hall–Kier alpha value is -4.65. The minimum absolute atomic E-state index is 0.0997. The molecule has 2 saturated heterocycles. The predicted molar refractivity (Wildman–Crippen MR) is 137 cm³/mol. The molecule has 2 fully saturated rings. The third kappa shape index (κ3) is 5.54. The summed E-state index contributed by atoms with van der Waals surface area (Å²) in [5.41, 5.74) is -0.587. The molecule has 0 aliphatic carbocycles. The van der Waals surface area contributed by atoms with Crippen molar-refractivity contribution in [3.8, 4) is 5.75 Å². The first kappa shape index (κ1) is 26.9. The van der Waals surface area contributed by atoms with Crippen molar-refractivity contribution < 1.29 is 42.5 Å². The second kappa shape index (κ2) is 11.6. The topological polar surface area (TPSA) is 150 Å². The molecule has 0 spiro atoms. The summed E-state index contributed by atoms with van der Waals surface area (Å²) < 4.78 is 26.8. The van der Waals surface area contributed by atoms with E-state index in [0.29, 0.717) is 49.2 Å². The van der Waals surface area contributed by atoms with E-state index in [-0.39, 0.29) is 25.0 Å². The number of nitrogens with one attached hydrogen (secondary N) is 1. The highest BCUT2D eigenvalue weighted by molar-refractivity contribution is 6.07. The minimum Gasteiger partial charge on any atom is -0.497 e. The molecule has 40 heavy (non-hydrogen) atoms. The van der Waals surface area contributed by atoms with Gasteiger partial charge < -0.3 is 33.6 Å². The highest BCUT2D eigenvalue weighted by Gasteiger charge is 2.56. The smallest absolute Gasteiger partial charge is 0.497 e. The van der Waals surface area contributed by atoms with Crippen molar-refractivity contribution in [2.24, 2.45) is 0 Å². The van der Waals surface area contributed by atoms with Crippen LogP contribution in [0.2, 0.25) is 0 Å². The first-order valence-corrected chi connectivity index (χ1v) is 12.6. The minimum atomic E-state index is -1.79. The number of imide groups is 1. The van der Waals surface area contributed by atoms with Gasteiger partial charge in [0, 0.05) is 37.2 Å². The monoisotopic (exact) mass is 552 g/mol. The van der Waals surface area contributed by atoms with E-state index in [2.05, 4.69) is 10.3 Å². The van der Waals surface area contributed by atoms with E-state index in [0.717, 1.165) is 10.5 Å². The lowest BCUT2D eigenvalue weighted by Crippen LogP contribution is -2.52. The van der Waals surface area contributed by atoms with Crippen LogP contribution in [0.3, 0.4) is 0 Å². The SMILES string of the molecule is COc1ccc(CN(C=O)C[C@@]2(c3cc4cnccc4o3)NC(=O)N(COC(=O)OC3CCOCC3)C2=O)cc1. The van der Waals surface area contributed by atoms with Gasteiger partial charge in [-0.25, -0.2) is 14.5 Å². The van der Waals surface area contributed by atoms with E-state index < -0.39 is 30.4 Å². The lowest BCUT2D eigenvalue weighted by molar-refractivity contribution is -0.136. The van der Waals surface area contributed by atoms with Crippen LogP contribution in [-0.2, 0) is 35.9 Å². The summed E-state index contributed by atoms with van der Waals surface area (Å²) in [5, 5.41) is 3.27. The lowest BCUT2D eigenvalue weighted by Gasteiger charge is -2.30. The van der Waals surface area contributed by atoms with Crippen LogP contribution in [0.5, 0.6) is 5.75 Å². The van der Waals surface area contributed by atoms with E-state index in [1.807, 2.05) is 0 Å². The number of amides is 4. The molecule has 1 N–H and O–H groups in total. The number of hydrogen-bond acceptors (Lipinski definition) is 10. The van der Waals surface area contributed by atoms with Crippen molar-refractivity contribution in [2.45, 2.75) is 31.0 Å². The number of aromatic nitrogens is 1. The van der Waals surface area contributed by atoms with Crippen LogP contribution in [0, 0.1) is 0 Å². The third-order valence-electron chi connectivity index (χ3n) is 6.79. The van der Waals surface area contributed by atoms with Gasteiger partial charge in [-0.2, -0.15) is 0 Å². The van der Waals surface area contributed by atoms with E-state index in [1.165, 1.54) is 11.1 Å². The highest BCUT2D eigenvalue weighted by Crippen LogP contribution is 2.34. The summed E-state index contributed by atoms with van der Waals surface area (Å²) in [6, 6.07) is 9.46. The molecule has 13 heteroatoms. The zero-order valence-corrected chi connectivity index (χ0v) is 21.7. The first-order chi connectivity index (χ1) is 19.4. The predicted octanol–water partition coefficient (Wildman–Crippen LogP) is 2.53. The fourth-order valence-corrected chi connectivity index (χ4v) is 4.67. The number of carbonyl (C=O) groups excluding carboxylic acids is 4. The molecule has 0 unspecified atom stereocenters. The second-order valence-corrected chi connectivity index (χ2v) is 9.40. The summed E-state index contributed by atoms with van der Waals surface area (Å²) in [5.74, 6) is -0.00865. The Bertz CT molecular complexity index is 1350. The van der Waals surface area contributed by atoms with Crippen LogP contribution in [0.15, 0.2) is 53.2 Å². The van der Waals surface area contributed by atoms with Crippen LogP contribution in [0.25, 0.3) is 11.0 Å². The number of pyridine rings is 1. The molecule has 1 atom stereocenters. The quantitative estimate of drug-likeness (QED) is 0.226. The number of hydrogen-bond donors (Lipinski definition) is 1. The molecule has 5 rings (SSSR count). The zero-order valence-electron chi connectivity index (χ0n) is 21.7. The Balaban J connectivity index is 1.38. The van der Waals surface area contributed by atoms with Gasteiger partial charge in [-0.15, -0.1) is 0 Å². The normalized spacial score (nSPS) is 19.4. The molecule has 0 bridgehead atoms. The van der Waals surface area contributed by atoms with Gasteiger partial charge in [0.15, 0.2) is 12.3 Å². The number of methoxy groups -OCH3 is 1. The molecule has 0 radical (unpaired) electrons. The van der Waals surface area contributed by atoms with E-state index in [4.69, 9.17) is 23.4 Å². The van der Waals surface area contributed by atoms with Gasteiger partial charge in [-0.1, -0.05) is 12.1 Å². The standard InChI is InChI=1S/C27H28N4O9/c1-36-20-4-2-18(3-5-20)14-30(16-32)15-27(23-12-19-13-28-9-6-22(19)40-23)24(33)31(25(34)29-27)17-38-26(35)39-21-7-10-37-11-8-21/h2-6,9,12-13,16,21H,7-8,10-11,14-15,17H2,1H3,(H,29,34)/t27-/m0/s1. The van der Waals surface area contributed by atoms with E-state index in [9.17, 15) is 19.2 Å². The van der Waals surface area contributed by atoms with Crippen LogP contribution in [0.4, 0.5) is 9.59 Å². The fraction of sp³-hybridized carbons (Fsp3) is 0.370. The largest absolute Gasteiger partial charge is 0.510 e. The summed E-state index contributed by atoms with van der Waals surface area (Å²) in [4.78, 5) is 57.5. The van der Waals surface area contributed by atoms with Crippen LogP contribution in [-0.4, -0.2) is 79.0 Å². The third-order valence-corrected chi connectivity index (χ3v) is 6.79. The van der Waals surface area contributed by atoms with Gasteiger partial charge in [0.25, 0.3) is 5.91 Å². The second-order valence-electron chi connectivity index (χ2n) is 9.40. The summed E-state index contributed by atoms with van der Waals surface area (Å²) in [7, 11) is 1.55. The van der Waals surface area contributed by atoms with Gasteiger partial charge in [0.1, 0.15) is 23.2 Å². The molecule has 0 saturated carbocycles. The Kier molecular flexibility index (Phi) is 7.82. The number of furan rings is 1. The van der Waals surface area contributed by atoms with Gasteiger partial charge in [0.05, 0.1) is 26.9 Å². The molecule has 2 aliphatic heterocycles. The van der Waals surface area contributed by atoms with Gasteiger partial charge >= 0.3 is 12.2 Å². The average molecular weight is 553 g/mol. The van der Waals surface area contributed by atoms with Crippen molar-refractivity contribution >= 4 is 35.5 Å². The van der Waals surface area contributed by atoms with Gasteiger partial charge in [-0.3, -0.25) is 14.6 Å². The number of ether oxygens (including phenoxy) is 4. The molecule has 3 aromatic rings. The average Bonchev–Trinajstić information content (AvgIpc) is 3.51. The molecule has 210 valence electrons. The number of urea groups is 1. The summed E-state index contributed by atoms with van der Waals surface area (Å²) in [6.45, 7) is 0.113. The van der Waals surface area contributed by atoms with E-state index in [1.54, 1.807) is 49.7 Å². The molecule has 13 nitrogen and oxygen atoms in total. The maximum absolute atomic E-state index is 13.9. The molecule has 4 heterocycles. The molecule has 4 amide bonds. The van der Waals surface area contributed by atoms with Crippen molar-refractivity contribution in [1.29, 1.82) is 0 Å². The van der Waals surface area contributed by atoms with Crippen molar-refractivity contribution in [2.75, 3.05) is 33.6 Å². The number of benzene rings is 1. The molecular weight excluding hydrogens is 524 g/mol. The Morgan fingerprint density at radius 1 is 1.23 bits per heavy atom. The van der Waals surface area contributed by atoms with Crippen LogP contribution >= 0.6 is 0 Å². The fourth-order valence-electron chi connectivity index (χ4n) is 4.67. The highest BCUT2D eigenvalue weighted by atomic mass is 16.7. The first-order valence-electron chi connectivity index (χ1n) is 12.6. The summed E-state index contributed by atoms with van der Waals surface area (Å²) in [6.07, 6.45) is 3.35.